The van der Waals surface area contributed by atoms with Crippen LogP contribution in [0, 0.1) is 62.3 Å². The smallest absolute Gasteiger partial charge is 0.164 e. The number of aromatic nitrogens is 7. The van der Waals surface area contributed by atoms with Gasteiger partial charge in [0.2, 0.25) is 0 Å². The quantitative estimate of drug-likeness (QED) is 0.0600. The second kappa shape index (κ2) is 34.4. The molecule has 0 saturated carbocycles. The van der Waals surface area contributed by atoms with Gasteiger partial charge in [0, 0.05) is 82.5 Å². The Balaban J connectivity index is 0.000000136. The number of hydrogen-bond acceptors (Lipinski definition) is 3. The van der Waals surface area contributed by atoms with Gasteiger partial charge in [-0.3, -0.25) is 0 Å². The van der Waals surface area contributed by atoms with E-state index in [4.69, 9.17) is 15.0 Å². The highest BCUT2D eigenvalue weighted by atomic mass is 15.0. The molecule has 18 aromatic rings. The molecule has 0 saturated heterocycles. The van der Waals surface area contributed by atoms with Crippen LogP contribution in [0.2, 0.25) is 0 Å². The summed E-state index contributed by atoms with van der Waals surface area (Å²) < 4.78 is 9.72. The van der Waals surface area contributed by atoms with Gasteiger partial charge in [0.15, 0.2) is 17.5 Å². The van der Waals surface area contributed by atoms with Crippen LogP contribution < -0.4 is 0 Å². The molecule has 7 nitrogen and oxygen atoms in total. The number of rotatable bonds is 23. The zero-order valence-electron chi connectivity index (χ0n) is 69.3. The van der Waals surface area contributed by atoms with Gasteiger partial charge in [-0.2, -0.15) is 0 Å². The van der Waals surface area contributed by atoms with Gasteiger partial charge >= 0.3 is 0 Å². The van der Waals surface area contributed by atoms with Gasteiger partial charge in [-0.15, -0.1) is 0 Å². The summed E-state index contributed by atoms with van der Waals surface area (Å²) in [4.78, 5) is 14.6. The summed E-state index contributed by atoms with van der Waals surface area (Å²) in [7, 11) is 0. The number of aryl methyl sites for hydroxylation is 11. The predicted octanol–water partition coefficient (Wildman–Crippen LogP) is 30.0. The Morgan fingerprint density at radius 3 is 0.687 bits per heavy atom. The molecule has 5 heterocycles. The van der Waals surface area contributed by atoms with E-state index in [1.54, 1.807) is 0 Å². The summed E-state index contributed by atoms with van der Waals surface area (Å²) in [6.07, 6.45) is 21.3. The molecule has 0 unspecified atom stereocenters. The van der Waals surface area contributed by atoms with E-state index in [-0.39, 0.29) is 0 Å². The van der Waals surface area contributed by atoms with E-state index in [0.29, 0.717) is 11.6 Å². The van der Waals surface area contributed by atoms with E-state index < -0.39 is 0 Å². The highest BCUT2D eigenvalue weighted by Crippen LogP contribution is 2.42. The molecular weight excluding hydrogens is 1400 g/mol. The van der Waals surface area contributed by atoms with Crippen LogP contribution in [0.15, 0.2) is 267 Å². The molecule has 5 aromatic heterocycles. The van der Waals surface area contributed by atoms with Crippen LogP contribution in [0.3, 0.4) is 0 Å². The topological polar surface area (TPSA) is 58.4 Å². The average molecular weight is 1510 g/mol. The average Bonchev–Trinajstić information content (AvgIpc) is 1.51. The van der Waals surface area contributed by atoms with Crippen LogP contribution in [-0.4, -0.2) is 33.2 Å². The third-order valence-electron chi connectivity index (χ3n) is 23.6. The Morgan fingerprint density at radius 2 is 0.391 bits per heavy atom. The lowest BCUT2D eigenvalue weighted by Gasteiger charge is -2.11. The first-order valence-electron chi connectivity index (χ1n) is 42.4. The first-order chi connectivity index (χ1) is 56.1. The van der Waals surface area contributed by atoms with E-state index >= 15 is 0 Å². The Bertz CT molecular complexity index is 6070. The molecule has 576 valence electrons. The van der Waals surface area contributed by atoms with Crippen LogP contribution in [0.1, 0.15) is 165 Å². The Hall–Kier alpha value is -11.9. The maximum Gasteiger partial charge on any atom is 0.164 e. The fourth-order valence-electron chi connectivity index (χ4n) is 17.2. The fraction of sp³-hybridized carbons (Fsp3) is 0.250. The first kappa shape index (κ1) is 77.0. The molecule has 7 heteroatoms. The monoisotopic (exact) mass is 1500 g/mol. The largest absolute Gasteiger partial charge is 0.309 e. The van der Waals surface area contributed by atoms with Gasteiger partial charge in [0.25, 0.3) is 0 Å². The number of benzene rings is 13. The summed E-state index contributed by atoms with van der Waals surface area (Å²) in [5, 5.41) is 10.3. The molecule has 13 aromatic carbocycles. The zero-order valence-corrected chi connectivity index (χ0v) is 69.3. The number of hydrogen-bond donors (Lipinski definition) is 0. The van der Waals surface area contributed by atoms with Gasteiger partial charge in [-0.25, -0.2) is 15.0 Å². The normalized spacial score (nSPS) is 11.6. The minimum absolute atomic E-state index is 0.708. The van der Waals surface area contributed by atoms with Gasteiger partial charge in [0.05, 0.1) is 44.1 Å². The summed E-state index contributed by atoms with van der Waals surface area (Å²) in [6.45, 7) is 24.0. The molecule has 0 fully saturated rings. The maximum absolute atomic E-state index is 4.88. The van der Waals surface area contributed by atoms with E-state index in [0.717, 1.165) is 28.9 Å². The van der Waals surface area contributed by atoms with Gasteiger partial charge in [0.1, 0.15) is 0 Å². The van der Waals surface area contributed by atoms with E-state index in [1.807, 2.05) is 0 Å². The van der Waals surface area contributed by atoms with Crippen molar-refractivity contribution in [3.63, 3.8) is 0 Å². The van der Waals surface area contributed by atoms with Crippen molar-refractivity contribution >= 4 is 87.2 Å². The van der Waals surface area contributed by atoms with Gasteiger partial charge in [-0.1, -0.05) is 274 Å². The zero-order chi connectivity index (χ0) is 79.2. The molecule has 0 spiro atoms. The molecule has 0 atom stereocenters. The van der Waals surface area contributed by atoms with Crippen LogP contribution in [0.4, 0.5) is 0 Å². The van der Waals surface area contributed by atoms with Crippen molar-refractivity contribution < 1.29 is 0 Å². The van der Waals surface area contributed by atoms with Crippen molar-refractivity contribution in [3.8, 4) is 56.9 Å². The summed E-state index contributed by atoms with van der Waals surface area (Å²) in [6, 6.07) is 98.6. The summed E-state index contributed by atoms with van der Waals surface area (Å²) >= 11 is 0. The lowest BCUT2D eigenvalue weighted by molar-refractivity contribution is 0.556. The SMILES string of the molecule is CCCCCCCCCCCCc1ccc(-c2nc(-c3ccc(C)cc3)nc(-c3ccc(C)cc3)n2)cc1.CCCCCCc1ccc(-n2c3ccc(C)cc3c3cc(C)ccc32)cc1.Cc1ccc(-n2c3ccc(-n4c5ccc(C)cc5c5cc(C)ccc54)cc3c3cc(-n4c5ccc(C)cc5c5cc(C)ccc54)ccc32)cc1. The van der Waals surface area contributed by atoms with Crippen LogP contribution in [0.25, 0.3) is 144 Å². The van der Waals surface area contributed by atoms with Crippen molar-refractivity contribution in [3.05, 3.63) is 328 Å². The van der Waals surface area contributed by atoms with Crippen molar-refractivity contribution in [2.24, 2.45) is 0 Å². The van der Waals surface area contributed by atoms with Gasteiger partial charge in [-0.05, 0) is 233 Å². The van der Waals surface area contributed by atoms with Crippen molar-refractivity contribution in [1.82, 2.24) is 33.2 Å². The van der Waals surface area contributed by atoms with Crippen LogP contribution in [-0.2, 0) is 12.8 Å². The number of unbranched alkanes of at least 4 members (excludes halogenated alkanes) is 12. The van der Waals surface area contributed by atoms with E-state index in [9.17, 15) is 0 Å². The molecule has 0 aliphatic carbocycles. The second-order valence-corrected chi connectivity index (χ2v) is 32.8. The molecule has 0 aliphatic heterocycles. The molecule has 115 heavy (non-hydrogen) atoms. The minimum atomic E-state index is 0.708. The molecule has 0 aliphatic rings. The summed E-state index contributed by atoms with van der Waals surface area (Å²) in [5.41, 5.74) is 32.0. The predicted molar refractivity (Wildman–Crippen MR) is 492 cm³/mol. The number of nitrogens with zero attached hydrogens (tertiary/aromatic N) is 7. The van der Waals surface area contributed by atoms with Crippen molar-refractivity contribution in [2.45, 2.75) is 179 Å². The number of fused-ring (bicyclic) bond motifs is 12. The Kier molecular flexibility index (Phi) is 23.0. The minimum Gasteiger partial charge on any atom is -0.309 e. The molecule has 0 radical (unpaired) electrons. The Labute approximate surface area is 680 Å². The third-order valence-corrected chi connectivity index (χ3v) is 23.6. The maximum atomic E-state index is 4.88. The van der Waals surface area contributed by atoms with Gasteiger partial charge < -0.3 is 18.3 Å². The standard InChI is InChI=1S/C47H37N3.C35H43N3.C26H29N/c1-28-6-12-33(13-7-28)48-46-20-14-34(49-42-16-8-29(2)22-36(42)37-23-30(3)9-17-43(37)49)26-40(46)41-27-35(15-21-47(41)48)50-44-18-10-31(4)24-38(44)39-25-32(5)11-19-45(39)50;1-4-5-6-7-8-9-10-11-12-13-14-29-19-25-32(26-20-29)35-37-33(30-21-15-27(2)16-22-30)36-34(38-35)31-23-17-28(3)18-24-31;1-4-5-6-7-8-21-11-13-22(14-12-21)27-25-15-9-19(2)17-23(25)24-18-20(3)10-16-26(24)27/h6-27H,1-5H3;15-26H,4-14H2,1-3H3;9-18H,4-8H2,1-3H3. The Morgan fingerprint density at radius 1 is 0.191 bits per heavy atom. The molecule has 0 N–H and O–H groups in total. The second-order valence-electron chi connectivity index (χ2n) is 32.8. The molecular formula is C108H109N7. The highest BCUT2D eigenvalue weighted by molar-refractivity contribution is 6.15. The van der Waals surface area contributed by atoms with Crippen molar-refractivity contribution in [2.75, 3.05) is 0 Å². The molecule has 18 rings (SSSR count). The lowest BCUT2D eigenvalue weighted by atomic mass is 10.0. The van der Waals surface area contributed by atoms with Crippen molar-refractivity contribution in [1.29, 1.82) is 0 Å². The third kappa shape index (κ3) is 16.6. The van der Waals surface area contributed by atoms with Crippen LogP contribution >= 0.6 is 0 Å². The van der Waals surface area contributed by atoms with Crippen LogP contribution in [0.5, 0.6) is 0 Å². The highest BCUT2D eigenvalue weighted by Gasteiger charge is 2.22. The first-order valence-corrected chi connectivity index (χ1v) is 42.4. The van der Waals surface area contributed by atoms with E-state index in [1.165, 1.54) is 267 Å². The molecule has 0 amide bonds. The summed E-state index contributed by atoms with van der Waals surface area (Å²) in [5.74, 6) is 2.14. The fourth-order valence-corrected chi connectivity index (χ4v) is 17.2. The van der Waals surface area contributed by atoms with E-state index in [2.05, 4.69) is 361 Å². The molecule has 0 bridgehead atoms. The lowest BCUT2D eigenvalue weighted by Crippen LogP contribution is -2.00.